The van der Waals surface area contributed by atoms with Gasteiger partial charge in [-0.25, -0.2) is 9.67 Å². The second-order valence-corrected chi connectivity index (χ2v) is 9.79. The van der Waals surface area contributed by atoms with Gasteiger partial charge in [-0.3, -0.25) is 4.79 Å². The van der Waals surface area contributed by atoms with Crippen LogP contribution in [0.1, 0.15) is 65.3 Å². The van der Waals surface area contributed by atoms with E-state index in [4.69, 9.17) is 9.72 Å². The Morgan fingerprint density at radius 3 is 2.65 bits per heavy atom. The molecule has 0 radical (unpaired) electrons. The predicted octanol–water partition coefficient (Wildman–Crippen LogP) is 4.54. The molecule has 2 N–H and O–H groups in total. The van der Waals surface area contributed by atoms with Crippen LogP contribution in [-0.4, -0.2) is 39.9 Å². The number of fused-ring (bicyclic) bond motifs is 1. The number of amides is 1. The molecule has 7 heteroatoms. The minimum atomic E-state index is -0.0675. The summed E-state index contributed by atoms with van der Waals surface area (Å²) in [5, 5.41) is 12.4. The van der Waals surface area contributed by atoms with Crippen LogP contribution < -0.4 is 10.6 Å². The van der Waals surface area contributed by atoms with E-state index in [1.165, 1.54) is 24.0 Å². The Balaban J connectivity index is 1.53. The van der Waals surface area contributed by atoms with Gasteiger partial charge in [-0.15, -0.1) is 0 Å². The third-order valence-electron chi connectivity index (χ3n) is 7.16. The Morgan fingerprint density at radius 1 is 1.15 bits per heavy atom. The molecule has 5 rings (SSSR count). The van der Waals surface area contributed by atoms with Crippen LogP contribution in [0.5, 0.6) is 0 Å². The quantitative estimate of drug-likeness (QED) is 0.515. The first-order valence-electron chi connectivity index (χ1n) is 12.6. The summed E-state index contributed by atoms with van der Waals surface area (Å²) in [4.78, 5) is 18.7. The molecule has 3 heterocycles. The number of ether oxygens (including phenoxy) is 1. The number of nitrogens with one attached hydrogen (secondary N) is 2. The molecular weight excluding hydrogens is 426 g/mol. The van der Waals surface area contributed by atoms with E-state index in [1.807, 2.05) is 10.9 Å². The number of hydrogen-bond acceptors (Lipinski definition) is 5. The van der Waals surface area contributed by atoms with E-state index in [0.717, 1.165) is 67.0 Å². The number of carbonyl (C=O) groups excluding carboxylic acids is 1. The van der Waals surface area contributed by atoms with E-state index in [9.17, 15) is 4.79 Å². The molecule has 0 spiro atoms. The van der Waals surface area contributed by atoms with Gasteiger partial charge in [-0.1, -0.05) is 18.2 Å². The molecule has 2 aromatic heterocycles. The first-order valence-corrected chi connectivity index (χ1v) is 12.6. The number of benzene rings is 1. The van der Waals surface area contributed by atoms with E-state index in [0.29, 0.717) is 18.0 Å². The van der Waals surface area contributed by atoms with Crippen molar-refractivity contribution in [1.29, 1.82) is 0 Å². The lowest BCUT2D eigenvalue weighted by Crippen LogP contribution is -2.31. The normalized spacial score (nSPS) is 16.7. The standard InChI is InChI=1S/C27H35N5O2/c1-4-32-26-22(16-29-32)25(30-21-9-11-34-12-10-21)24(23(31-26)14-19-7-8-19)27(33)28-15-20-6-5-17(2)18(3)13-20/h5-6,13,16,19,21H,4,7-12,14-15H2,1-3H3,(H,28,33)(H,30,31). The zero-order valence-electron chi connectivity index (χ0n) is 20.5. The molecule has 180 valence electrons. The van der Waals surface area contributed by atoms with Gasteiger partial charge in [0.2, 0.25) is 0 Å². The van der Waals surface area contributed by atoms with Crippen molar-refractivity contribution in [2.75, 3.05) is 18.5 Å². The lowest BCUT2D eigenvalue weighted by atomic mass is 10.0. The summed E-state index contributed by atoms with van der Waals surface area (Å²) in [5.41, 5.74) is 6.91. The van der Waals surface area contributed by atoms with Crippen LogP contribution in [0.4, 0.5) is 5.69 Å². The van der Waals surface area contributed by atoms with Crippen LogP contribution in [0.15, 0.2) is 24.4 Å². The Labute approximate surface area is 201 Å². The third kappa shape index (κ3) is 4.80. The molecule has 0 bridgehead atoms. The second kappa shape index (κ2) is 9.74. The second-order valence-electron chi connectivity index (χ2n) is 9.79. The fourth-order valence-electron chi connectivity index (χ4n) is 4.74. The SMILES string of the molecule is CCn1ncc2c(NC3CCOCC3)c(C(=O)NCc3ccc(C)c(C)c3)c(CC3CC3)nc21. The van der Waals surface area contributed by atoms with Crippen LogP contribution in [0.25, 0.3) is 11.0 Å². The third-order valence-corrected chi connectivity index (χ3v) is 7.16. The van der Waals surface area contributed by atoms with E-state index < -0.39 is 0 Å². The van der Waals surface area contributed by atoms with E-state index in [1.54, 1.807) is 0 Å². The number of carbonyl (C=O) groups is 1. The zero-order chi connectivity index (χ0) is 23.7. The van der Waals surface area contributed by atoms with Crippen LogP contribution in [-0.2, 0) is 24.2 Å². The average molecular weight is 462 g/mol. The summed E-state index contributed by atoms with van der Waals surface area (Å²) in [7, 11) is 0. The topological polar surface area (TPSA) is 81.1 Å². The van der Waals surface area contributed by atoms with Crippen molar-refractivity contribution in [3.05, 3.63) is 52.3 Å². The number of rotatable bonds is 8. The summed E-state index contributed by atoms with van der Waals surface area (Å²) in [6.45, 7) is 9.00. The number of aryl methyl sites for hydroxylation is 3. The summed E-state index contributed by atoms with van der Waals surface area (Å²) in [5.74, 6) is 0.548. The molecular formula is C27H35N5O2. The minimum absolute atomic E-state index is 0.0675. The number of aromatic nitrogens is 3. The number of nitrogens with zero attached hydrogens (tertiary/aromatic N) is 3. The van der Waals surface area contributed by atoms with Crippen LogP contribution in [0.3, 0.4) is 0 Å². The Bertz CT molecular complexity index is 1190. The molecule has 1 saturated heterocycles. The Kier molecular flexibility index (Phi) is 6.55. The lowest BCUT2D eigenvalue weighted by Gasteiger charge is -2.26. The lowest BCUT2D eigenvalue weighted by molar-refractivity contribution is 0.0903. The van der Waals surface area contributed by atoms with Crippen molar-refractivity contribution >= 4 is 22.6 Å². The summed E-state index contributed by atoms with van der Waals surface area (Å²) in [6.07, 6.45) is 6.95. The van der Waals surface area contributed by atoms with Gasteiger partial charge < -0.3 is 15.4 Å². The van der Waals surface area contributed by atoms with Crippen LogP contribution in [0, 0.1) is 19.8 Å². The molecule has 34 heavy (non-hydrogen) atoms. The number of pyridine rings is 1. The molecule has 1 amide bonds. The van der Waals surface area contributed by atoms with Crippen molar-refractivity contribution in [3.63, 3.8) is 0 Å². The summed E-state index contributed by atoms with van der Waals surface area (Å²) >= 11 is 0. The maximum absolute atomic E-state index is 13.7. The van der Waals surface area contributed by atoms with Crippen molar-refractivity contribution in [2.45, 2.75) is 72.0 Å². The van der Waals surface area contributed by atoms with Gasteiger partial charge in [0.05, 0.1) is 28.5 Å². The van der Waals surface area contributed by atoms with Crippen molar-refractivity contribution in [2.24, 2.45) is 5.92 Å². The van der Waals surface area contributed by atoms with Crippen molar-refractivity contribution < 1.29 is 9.53 Å². The number of anilines is 1. The molecule has 0 unspecified atom stereocenters. The Hall–Kier alpha value is -2.93. The highest BCUT2D eigenvalue weighted by Gasteiger charge is 2.30. The molecule has 3 aromatic rings. The van der Waals surface area contributed by atoms with Crippen LogP contribution >= 0.6 is 0 Å². The Morgan fingerprint density at radius 2 is 1.94 bits per heavy atom. The van der Waals surface area contributed by atoms with Crippen LogP contribution in [0.2, 0.25) is 0 Å². The largest absolute Gasteiger partial charge is 0.381 e. The van der Waals surface area contributed by atoms with E-state index >= 15 is 0 Å². The smallest absolute Gasteiger partial charge is 0.255 e. The molecule has 0 atom stereocenters. The predicted molar refractivity (Wildman–Crippen MR) is 134 cm³/mol. The highest BCUT2D eigenvalue weighted by atomic mass is 16.5. The fourth-order valence-corrected chi connectivity index (χ4v) is 4.74. The van der Waals surface area contributed by atoms with Gasteiger partial charge in [0.1, 0.15) is 0 Å². The van der Waals surface area contributed by atoms with Gasteiger partial charge in [-0.05, 0) is 75.5 Å². The maximum Gasteiger partial charge on any atom is 0.255 e. The molecule has 1 aliphatic heterocycles. The van der Waals surface area contributed by atoms with Gasteiger partial charge in [0.25, 0.3) is 5.91 Å². The van der Waals surface area contributed by atoms with E-state index in [2.05, 4.69) is 54.7 Å². The molecule has 7 nitrogen and oxygen atoms in total. The summed E-state index contributed by atoms with van der Waals surface area (Å²) < 4.78 is 7.49. The molecule has 1 saturated carbocycles. The molecule has 2 fully saturated rings. The van der Waals surface area contributed by atoms with Gasteiger partial charge in [0, 0.05) is 32.3 Å². The minimum Gasteiger partial charge on any atom is -0.381 e. The fraction of sp³-hybridized carbons (Fsp3) is 0.519. The van der Waals surface area contributed by atoms with Gasteiger partial charge in [-0.2, -0.15) is 5.10 Å². The average Bonchev–Trinajstić information content (AvgIpc) is 3.56. The first kappa shape index (κ1) is 22.8. The van der Waals surface area contributed by atoms with Gasteiger partial charge in [0.15, 0.2) is 5.65 Å². The number of hydrogen-bond donors (Lipinski definition) is 2. The maximum atomic E-state index is 13.7. The molecule has 1 aliphatic carbocycles. The van der Waals surface area contributed by atoms with Gasteiger partial charge >= 0.3 is 0 Å². The summed E-state index contributed by atoms with van der Waals surface area (Å²) in [6, 6.07) is 6.61. The van der Waals surface area contributed by atoms with Crippen molar-refractivity contribution in [1.82, 2.24) is 20.1 Å². The van der Waals surface area contributed by atoms with E-state index in [-0.39, 0.29) is 11.9 Å². The highest BCUT2D eigenvalue weighted by Crippen LogP contribution is 2.37. The molecule has 1 aromatic carbocycles. The first-order chi connectivity index (χ1) is 16.5. The highest BCUT2D eigenvalue weighted by molar-refractivity contribution is 6.07. The zero-order valence-corrected chi connectivity index (χ0v) is 20.5. The molecule has 2 aliphatic rings. The monoisotopic (exact) mass is 461 g/mol. The van der Waals surface area contributed by atoms with Crippen molar-refractivity contribution in [3.8, 4) is 0 Å².